The van der Waals surface area contributed by atoms with Gasteiger partial charge in [-0.3, -0.25) is 9.78 Å². The van der Waals surface area contributed by atoms with Crippen molar-refractivity contribution in [1.82, 2.24) is 14.8 Å². The van der Waals surface area contributed by atoms with E-state index in [0.29, 0.717) is 0 Å². The van der Waals surface area contributed by atoms with Crippen molar-refractivity contribution in [2.45, 2.75) is 6.92 Å². The summed E-state index contributed by atoms with van der Waals surface area (Å²) in [7, 11) is 2.09. The molecule has 3 aromatic rings. The van der Waals surface area contributed by atoms with Gasteiger partial charge in [0.1, 0.15) is 0 Å². The van der Waals surface area contributed by atoms with Crippen molar-refractivity contribution in [3.05, 3.63) is 65.9 Å². The zero-order valence-corrected chi connectivity index (χ0v) is 15.8. The third kappa shape index (κ3) is 3.78. The van der Waals surface area contributed by atoms with Crippen molar-refractivity contribution in [2.75, 3.05) is 38.5 Å². The normalized spacial score (nSPS) is 15.1. The molecule has 0 atom stereocenters. The predicted octanol–water partition coefficient (Wildman–Crippen LogP) is 3.67. The highest BCUT2D eigenvalue weighted by atomic mass is 16.2. The molecule has 1 aliphatic rings. The van der Waals surface area contributed by atoms with Crippen molar-refractivity contribution in [2.24, 2.45) is 0 Å². The summed E-state index contributed by atoms with van der Waals surface area (Å²) in [5.41, 5.74) is 4.87. The number of rotatable bonds is 3. The number of aryl methyl sites for hydroxylation is 1. The van der Waals surface area contributed by atoms with Crippen molar-refractivity contribution in [3.8, 4) is 0 Å². The molecule has 2 aromatic carbocycles. The number of pyridine rings is 1. The highest BCUT2D eigenvalue weighted by Gasteiger charge is 2.20. The van der Waals surface area contributed by atoms with Crippen LogP contribution in [0.5, 0.6) is 0 Å². The first-order chi connectivity index (χ1) is 13.1. The lowest BCUT2D eigenvalue weighted by Crippen LogP contribution is -2.47. The molecule has 1 fully saturated rings. The minimum absolute atomic E-state index is 0.111. The topological polar surface area (TPSA) is 48.5 Å². The summed E-state index contributed by atoms with van der Waals surface area (Å²) in [5, 5.41) is 4.53. The van der Waals surface area contributed by atoms with Gasteiger partial charge in [-0.05, 0) is 55.9 Å². The Morgan fingerprint density at radius 3 is 2.48 bits per heavy atom. The smallest absolute Gasteiger partial charge is 0.253 e. The van der Waals surface area contributed by atoms with Crippen LogP contribution in [0.1, 0.15) is 15.9 Å². The van der Waals surface area contributed by atoms with E-state index in [0.717, 1.165) is 54.0 Å². The van der Waals surface area contributed by atoms with E-state index in [9.17, 15) is 4.79 Å². The molecule has 4 rings (SSSR count). The number of fused-ring (bicyclic) bond motifs is 1. The number of benzene rings is 2. The molecule has 0 bridgehead atoms. The predicted molar refractivity (Wildman–Crippen MR) is 110 cm³/mol. The van der Waals surface area contributed by atoms with Gasteiger partial charge in [-0.25, -0.2) is 0 Å². The number of nitrogens with one attached hydrogen (secondary N) is 1. The molecule has 1 N–H and O–H groups in total. The number of carbonyl (C=O) groups is 1. The van der Waals surface area contributed by atoms with E-state index in [4.69, 9.17) is 0 Å². The van der Waals surface area contributed by atoms with Crippen LogP contribution in [0, 0.1) is 6.92 Å². The maximum Gasteiger partial charge on any atom is 0.253 e. The molecule has 5 nitrogen and oxygen atoms in total. The average Bonchev–Trinajstić information content (AvgIpc) is 2.68. The molecule has 1 amide bonds. The highest BCUT2D eigenvalue weighted by Crippen LogP contribution is 2.26. The molecule has 1 saturated heterocycles. The number of aromatic nitrogens is 1. The van der Waals surface area contributed by atoms with Gasteiger partial charge < -0.3 is 15.1 Å². The SMILES string of the molecule is Cc1ccc2c(Nc3ccc(C(=O)N4CCN(C)CC4)cc3)ccnc2c1. The number of anilines is 2. The third-order valence-electron chi connectivity index (χ3n) is 5.10. The maximum atomic E-state index is 12.7. The first kappa shape index (κ1) is 17.5. The molecule has 5 heteroatoms. The minimum Gasteiger partial charge on any atom is -0.355 e. The Hall–Kier alpha value is -2.92. The van der Waals surface area contributed by atoms with Crippen LogP contribution in [0.3, 0.4) is 0 Å². The van der Waals surface area contributed by atoms with E-state index in [-0.39, 0.29) is 5.91 Å². The summed E-state index contributed by atoms with van der Waals surface area (Å²) in [6.45, 7) is 5.51. The van der Waals surface area contributed by atoms with Gasteiger partial charge in [0, 0.05) is 54.7 Å². The molecule has 2 heterocycles. The fraction of sp³-hybridized carbons (Fsp3) is 0.273. The Balaban J connectivity index is 1.51. The second-order valence-electron chi connectivity index (χ2n) is 7.18. The highest BCUT2D eigenvalue weighted by molar-refractivity contribution is 5.95. The summed E-state index contributed by atoms with van der Waals surface area (Å²) in [5.74, 6) is 0.111. The Morgan fingerprint density at radius 1 is 1.00 bits per heavy atom. The van der Waals surface area contributed by atoms with Crippen LogP contribution in [0.25, 0.3) is 10.9 Å². The second kappa shape index (κ2) is 7.37. The summed E-state index contributed by atoms with van der Waals surface area (Å²) in [4.78, 5) is 21.3. The second-order valence-corrected chi connectivity index (χ2v) is 7.18. The van der Waals surface area contributed by atoms with Crippen LogP contribution in [0.15, 0.2) is 54.7 Å². The molecule has 1 aliphatic heterocycles. The van der Waals surface area contributed by atoms with E-state index in [1.165, 1.54) is 5.56 Å². The molecule has 1 aromatic heterocycles. The molecule has 0 radical (unpaired) electrons. The first-order valence-electron chi connectivity index (χ1n) is 9.30. The zero-order valence-electron chi connectivity index (χ0n) is 15.8. The lowest BCUT2D eigenvalue weighted by atomic mass is 10.1. The van der Waals surface area contributed by atoms with Crippen LogP contribution in [0.4, 0.5) is 11.4 Å². The summed E-state index contributed by atoms with van der Waals surface area (Å²) < 4.78 is 0. The molecule has 27 heavy (non-hydrogen) atoms. The van der Waals surface area contributed by atoms with Gasteiger partial charge in [0.05, 0.1) is 5.52 Å². The van der Waals surface area contributed by atoms with Crippen LogP contribution < -0.4 is 5.32 Å². The molecule has 0 spiro atoms. The fourth-order valence-corrected chi connectivity index (χ4v) is 3.41. The number of carbonyl (C=O) groups excluding carboxylic acids is 1. The van der Waals surface area contributed by atoms with Crippen molar-refractivity contribution in [1.29, 1.82) is 0 Å². The summed E-state index contributed by atoms with van der Waals surface area (Å²) in [6, 6.07) is 16.0. The molecular formula is C22H24N4O. The fourth-order valence-electron chi connectivity index (χ4n) is 3.41. The Labute approximate surface area is 159 Å². The quantitative estimate of drug-likeness (QED) is 0.774. The van der Waals surface area contributed by atoms with E-state index < -0.39 is 0 Å². The van der Waals surface area contributed by atoms with Crippen LogP contribution in [0.2, 0.25) is 0 Å². The summed E-state index contributed by atoms with van der Waals surface area (Å²) in [6.07, 6.45) is 1.81. The lowest BCUT2D eigenvalue weighted by Gasteiger charge is -2.32. The number of nitrogens with zero attached hydrogens (tertiary/aromatic N) is 3. The standard InChI is InChI=1S/C22H24N4O/c1-16-3-8-19-20(9-10-23-21(19)15-16)24-18-6-4-17(5-7-18)22(27)26-13-11-25(2)12-14-26/h3-10,15H,11-14H2,1-2H3,(H,23,24). The first-order valence-corrected chi connectivity index (χ1v) is 9.30. The minimum atomic E-state index is 0.111. The van der Waals surface area contributed by atoms with Crippen molar-refractivity contribution >= 4 is 28.2 Å². The maximum absolute atomic E-state index is 12.7. The Morgan fingerprint density at radius 2 is 1.74 bits per heavy atom. The number of likely N-dealkylation sites (N-methyl/N-ethyl adjacent to an activating group) is 1. The molecule has 0 aliphatic carbocycles. The lowest BCUT2D eigenvalue weighted by molar-refractivity contribution is 0.0664. The Bertz CT molecular complexity index is 960. The number of piperazine rings is 1. The largest absolute Gasteiger partial charge is 0.355 e. The summed E-state index contributed by atoms with van der Waals surface area (Å²) >= 11 is 0. The monoisotopic (exact) mass is 360 g/mol. The van der Waals surface area contributed by atoms with Gasteiger partial charge in [-0.1, -0.05) is 12.1 Å². The van der Waals surface area contributed by atoms with Gasteiger partial charge in [0.15, 0.2) is 0 Å². The molecule has 0 unspecified atom stereocenters. The third-order valence-corrected chi connectivity index (χ3v) is 5.10. The number of hydrogen-bond donors (Lipinski definition) is 1. The van der Waals surface area contributed by atoms with Crippen LogP contribution in [-0.2, 0) is 0 Å². The van der Waals surface area contributed by atoms with Crippen LogP contribution >= 0.6 is 0 Å². The van der Waals surface area contributed by atoms with Crippen LogP contribution in [-0.4, -0.2) is 53.9 Å². The van der Waals surface area contributed by atoms with Crippen molar-refractivity contribution in [3.63, 3.8) is 0 Å². The number of amides is 1. The molecule has 0 saturated carbocycles. The molecular weight excluding hydrogens is 336 g/mol. The average molecular weight is 360 g/mol. The zero-order chi connectivity index (χ0) is 18.8. The van der Waals surface area contributed by atoms with E-state index >= 15 is 0 Å². The van der Waals surface area contributed by atoms with E-state index in [1.807, 2.05) is 41.4 Å². The van der Waals surface area contributed by atoms with Crippen molar-refractivity contribution < 1.29 is 4.79 Å². The van der Waals surface area contributed by atoms with E-state index in [1.54, 1.807) is 0 Å². The van der Waals surface area contributed by atoms with Gasteiger partial charge in [0.25, 0.3) is 5.91 Å². The van der Waals surface area contributed by atoms with Gasteiger partial charge in [-0.15, -0.1) is 0 Å². The van der Waals surface area contributed by atoms with E-state index in [2.05, 4.69) is 47.4 Å². The van der Waals surface area contributed by atoms with Gasteiger partial charge in [-0.2, -0.15) is 0 Å². The number of hydrogen-bond acceptors (Lipinski definition) is 4. The Kier molecular flexibility index (Phi) is 4.77. The van der Waals surface area contributed by atoms with Gasteiger partial charge in [0.2, 0.25) is 0 Å². The van der Waals surface area contributed by atoms with Gasteiger partial charge >= 0.3 is 0 Å². The molecule has 138 valence electrons.